The number of hydrogen-bond donors (Lipinski definition) is 2. The molecule has 0 aromatic heterocycles. The third kappa shape index (κ3) is 3.55. The fraction of sp³-hybridized carbons (Fsp3) is 0.0909. The largest absolute Gasteiger partial charge is 0.481 e. The molecule has 1 saturated heterocycles. The standard InChI is InChI=1S/C22H15NO5S2/c24-19(25)11-17(21(27)28)23-20(26)18(30-22(23)29)10-16-14-7-3-1-5-12(14)9-13-6-2-4-8-15(13)16/h1-10,17H,11H2,(H,24,25)(H,27,28)/b18-10-. The van der Waals surface area contributed by atoms with Crippen LogP contribution in [0.15, 0.2) is 59.5 Å². The molecule has 8 heteroatoms. The topological polar surface area (TPSA) is 94.9 Å². The molecule has 4 rings (SSSR count). The maximum Gasteiger partial charge on any atom is 0.327 e. The van der Waals surface area contributed by atoms with Gasteiger partial charge in [0, 0.05) is 0 Å². The Morgan fingerprint density at radius 3 is 2.13 bits per heavy atom. The predicted octanol–water partition coefficient (Wildman–Crippen LogP) is 4.12. The Bertz CT molecular complexity index is 1210. The van der Waals surface area contributed by atoms with Gasteiger partial charge >= 0.3 is 11.9 Å². The molecule has 2 N–H and O–H groups in total. The van der Waals surface area contributed by atoms with E-state index in [9.17, 15) is 19.5 Å². The first kappa shape index (κ1) is 20.1. The van der Waals surface area contributed by atoms with E-state index in [2.05, 4.69) is 6.07 Å². The number of hydrogen-bond acceptors (Lipinski definition) is 5. The number of amides is 1. The van der Waals surface area contributed by atoms with Crippen LogP contribution in [-0.2, 0) is 14.4 Å². The summed E-state index contributed by atoms with van der Waals surface area (Å²) in [6, 6.07) is 16.1. The molecule has 3 aromatic carbocycles. The van der Waals surface area contributed by atoms with Crippen molar-refractivity contribution in [1.82, 2.24) is 4.90 Å². The van der Waals surface area contributed by atoms with Crippen molar-refractivity contribution in [2.75, 3.05) is 0 Å². The Hall–Kier alpha value is -3.23. The molecule has 1 heterocycles. The second kappa shape index (κ2) is 7.89. The molecule has 6 nitrogen and oxygen atoms in total. The van der Waals surface area contributed by atoms with Gasteiger partial charge in [0.1, 0.15) is 10.4 Å². The van der Waals surface area contributed by atoms with Gasteiger partial charge in [-0.05, 0) is 39.3 Å². The van der Waals surface area contributed by atoms with Crippen molar-refractivity contribution < 1.29 is 24.6 Å². The number of benzene rings is 3. The zero-order valence-corrected chi connectivity index (χ0v) is 17.1. The molecule has 0 radical (unpaired) electrons. The van der Waals surface area contributed by atoms with Crippen LogP contribution in [0.2, 0.25) is 0 Å². The summed E-state index contributed by atoms with van der Waals surface area (Å²) in [4.78, 5) is 36.8. The highest BCUT2D eigenvalue weighted by Gasteiger charge is 2.41. The maximum absolute atomic E-state index is 13.0. The molecule has 1 fully saturated rings. The molecule has 1 amide bonds. The average Bonchev–Trinajstić information content (AvgIpc) is 2.98. The summed E-state index contributed by atoms with van der Waals surface area (Å²) >= 11 is 6.20. The molecule has 1 unspecified atom stereocenters. The van der Waals surface area contributed by atoms with Gasteiger partial charge in [0.25, 0.3) is 5.91 Å². The van der Waals surface area contributed by atoms with Crippen LogP contribution in [0.3, 0.4) is 0 Å². The molecule has 0 aliphatic carbocycles. The number of thioether (sulfide) groups is 1. The summed E-state index contributed by atoms with van der Waals surface area (Å²) in [5.74, 6) is -3.33. The van der Waals surface area contributed by atoms with Crippen LogP contribution in [0.25, 0.3) is 27.6 Å². The lowest BCUT2D eigenvalue weighted by atomic mass is 9.96. The van der Waals surface area contributed by atoms with Crippen molar-refractivity contribution in [3.63, 3.8) is 0 Å². The van der Waals surface area contributed by atoms with E-state index in [1.165, 1.54) is 0 Å². The Balaban J connectivity index is 1.85. The highest BCUT2D eigenvalue weighted by molar-refractivity contribution is 8.26. The molecular weight excluding hydrogens is 422 g/mol. The summed E-state index contributed by atoms with van der Waals surface area (Å²) < 4.78 is 0.0319. The Morgan fingerprint density at radius 1 is 1.03 bits per heavy atom. The van der Waals surface area contributed by atoms with Gasteiger partial charge < -0.3 is 10.2 Å². The molecule has 150 valence electrons. The van der Waals surface area contributed by atoms with Crippen LogP contribution >= 0.6 is 24.0 Å². The number of nitrogens with zero attached hydrogens (tertiary/aromatic N) is 1. The van der Waals surface area contributed by atoms with E-state index in [4.69, 9.17) is 17.3 Å². The van der Waals surface area contributed by atoms with Crippen molar-refractivity contribution in [2.24, 2.45) is 0 Å². The third-order valence-electron chi connectivity index (χ3n) is 4.88. The number of carbonyl (C=O) groups is 3. The number of carboxylic acids is 2. The highest BCUT2D eigenvalue weighted by Crippen LogP contribution is 2.37. The van der Waals surface area contributed by atoms with Gasteiger partial charge in [-0.2, -0.15) is 0 Å². The van der Waals surface area contributed by atoms with Crippen molar-refractivity contribution in [1.29, 1.82) is 0 Å². The third-order valence-corrected chi connectivity index (χ3v) is 6.21. The van der Waals surface area contributed by atoms with Gasteiger partial charge in [-0.15, -0.1) is 0 Å². The van der Waals surface area contributed by atoms with Crippen molar-refractivity contribution in [2.45, 2.75) is 12.5 Å². The monoisotopic (exact) mass is 437 g/mol. The van der Waals surface area contributed by atoms with E-state index >= 15 is 0 Å². The molecule has 0 spiro atoms. The van der Waals surface area contributed by atoms with E-state index in [1.807, 2.05) is 48.5 Å². The molecule has 1 aliphatic rings. The average molecular weight is 437 g/mol. The minimum absolute atomic E-state index is 0.0319. The van der Waals surface area contributed by atoms with Crippen LogP contribution < -0.4 is 0 Å². The van der Waals surface area contributed by atoms with Crippen molar-refractivity contribution in [3.05, 3.63) is 65.1 Å². The van der Waals surface area contributed by atoms with Gasteiger partial charge in [0.05, 0.1) is 11.3 Å². The number of carboxylic acid groups (broad SMARTS) is 2. The van der Waals surface area contributed by atoms with E-state index in [1.54, 1.807) is 6.08 Å². The molecule has 0 saturated carbocycles. The molecule has 0 bridgehead atoms. The van der Waals surface area contributed by atoms with Gasteiger partial charge in [-0.25, -0.2) is 4.79 Å². The summed E-state index contributed by atoms with van der Waals surface area (Å²) in [5.41, 5.74) is 0.828. The number of carbonyl (C=O) groups excluding carboxylic acids is 1. The molecule has 3 aromatic rings. The first-order chi connectivity index (χ1) is 14.4. The van der Waals surface area contributed by atoms with Crippen LogP contribution in [0.1, 0.15) is 12.0 Å². The SMILES string of the molecule is O=C(O)CC(C(=O)O)N1C(=O)/C(=C/c2c3ccccc3cc3ccccc23)SC1=S. The summed E-state index contributed by atoms with van der Waals surface area (Å²) in [6.45, 7) is 0. The number of thiocarbonyl (C=S) groups is 1. The number of fused-ring (bicyclic) bond motifs is 2. The van der Waals surface area contributed by atoms with E-state index < -0.39 is 30.3 Å². The van der Waals surface area contributed by atoms with E-state index in [0.717, 1.165) is 43.8 Å². The lowest BCUT2D eigenvalue weighted by molar-refractivity contribution is -0.150. The molecule has 1 atom stereocenters. The lowest BCUT2D eigenvalue weighted by Crippen LogP contribution is -2.45. The van der Waals surface area contributed by atoms with Crippen LogP contribution in [-0.4, -0.2) is 43.3 Å². The second-order valence-electron chi connectivity index (χ2n) is 6.74. The van der Waals surface area contributed by atoms with Gasteiger partial charge in [0.2, 0.25) is 0 Å². The number of rotatable bonds is 5. The smallest absolute Gasteiger partial charge is 0.327 e. The van der Waals surface area contributed by atoms with Crippen molar-refractivity contribution >= 4 is 73.8 Å². The second-order valence-corrected chi connectivity index (χ2v) is 8.41. The minimum atomic E-state index is -1.55. The predicted molar refractivity (Wildman–Crippen MR) is 120 cm³/mol. The first-order valence-electron chi connectivity index (χ1n) is 8.99. The quantitative estimate of drug-likeness (QED) is 0.352. The van der Waals surface area contributed by atoms with E-state index in [-0.39, 0.29) is 9.23 Å². The lowest BCUT2D eigenvalue weighted by Gasteiger charge is -2.21. The fourth-order valence-electron chi connectivity index (χ4n) is 3.54. The number of aliphatic carboxylic acids is 2. The Kier molecular flexibility index (Phi) is 5.27. The van der Waals surface area contributed by atoms with Gasteiger partial charge in [-0.1, -0.05) is 72.5 Å². The maximum atomic E-state index is 13.0. The first-order valence-corrected chi connectivity index (χ1v) is 10.2. The summed E-state index contributed by atoms with van der Waals surface area (Å²) in [7, 11) is 0. The minimum Gasteiger partial charge on any atom is -0.481 e. The normalized spacial score (nSPS) is 16.5. The van der Waals surface area contributed by atoms with Gasteiger partial charge in [-0.3, -0.25) is 14.5 Å². The van der Waals surface area contributed by atoms with Crippen LogP contribution in [0, 0.1) is 0 Å². The zero-order chi connectivity index (χ0) is 21.4. The van der Waals surface area contributed by atoms with Crippen molar-refractivity contribution in [3.8, 4) is 0 Å². The molecular formula is C22H15NO5S2. The Labute approximate surface area is 180 Å². The fourth-order valence-corrected chi connectivity index (χ4v) is 4.88. The summed E-state index contributed by atoms with van der Waals surface area (Å²) in [5, 5.41) is 22.4. The van der Waals surface area contributed by atoms with Crippen LogP contribution in [0.4, 0.5) is 0 Å². The summed E-state index contributed by atoms with van der Waals surface area (Å²) in [6.07, 6.45) is 0.982. The zero-order valence-electron chi connectivity index (χ0n) is 15.4. The Morgan fingerprint density at radius 2 is 1.60 bits per heavy atom. The van der Waals surface area contributed by atoms with Crippen LogP contribution in [0.5, 0.6) is 0 Å². The highest BCUT2D eigenvalue weighted by atomic mass is 32.2. The molecule has 1 aliphatic heterocycles. The van der Waals surface area contributed by atoms with Gasteiger partial charge in [0.15, 0.2) is 0 Å². The molecule has 30 heavy (non-hydrogen) atoms. The van der Waals surface area contributed by atoms with E-state index in [0.29, 0.717) is 0 Å².